The van der Waals surface area contributed by atoms with Crippen molar-refractivity contribution in [1.29, 1.82) is 0 Å². The average molecular weight is 905 g/mol. The molecule has 0 atom stereocenters. The number of ketones is 3. The predicted octanol–water partition coefficient (Wildman–Crippen LogP) is 9.72. The number of carbonyl (C=O) groups excluding carboxylic acids is 3. The van der Waals surface area contributed by atoms with E-state index in [0.29, 0.717) is 17.2 Å². The van der Waals surface area contributed by atoms with Gasteiger partial charge in [0.25, 0.3) is 0 Å². The number of hydrogen-bond acceptors (Lipinski definition) is 9. The number of benzene rings is 3. The molecule has 0 heterocycles. The summed E-state index contributed by atoms with van der Waals surface area (Å²) in [4.78, 5) is 40.9. The Morgan fingerprint density at radius 3 is 0.967 bits per heavy atom. The lowest BCUT2D eigenvalue weighted by Gasteiger charge is -2.34. The van der Waals surface area contributed by atoms with Gasteiger partial charge in [0, 0.05) is 16.2 Å². The maximum absolute atomic E-state index is 12.8. The summed E-state index contributed by atoms with van der Waals surface area (Å²) in [6, 6.07) is 22.8. The zero-order valence-corrected chi connectivity index (χ0v) is 35.6. The normalized spacial score (nSPS) is 13.3. The number of Topliss-reactive ketones (excluding diaryl/α,β-unsaturated/α-hetero) is 3. The van der Waals surface area contributed by atoms with Gasteiger partial charge in [-0.15, -0.1) is 0 Å². The largest absolute Gasteiger partial charge is 0.743 e. The van der Waals surface area contributed by atoms with Crippen molar-refractivity contribution in [2.45, 2.75) is 100 Å². The molecule has 3 aromatic rings. The Labute approximate surface area is 345 Å². The van der Waals surface area contributed by atoms with Crippen molar-refractivity contribution in [2.75, 3.05) is 19.8 Å². The fourth-order valence-corrected chi connectivity index (χ4v) is 6.95. The van der Waals surface area contributed by atoms with Crippen LogP contribution in [0.4, 0.5) is 39.5 Å². The SMILES string of the molecule is CC(C)(C)C(=O)COc1ccccc1[S+](c1ccccc1OCC(=O)C(C)(C)C)c1ccccc1OCC(=O)C(C)(C)C.O=S(=O)([O-])C(F)(F)C(F)(F)C(F)(F)C(F)(F)F. The Morgan fingerprint density at radius 2 is 0.750 bits per heavy atom. The fourth-order valence-electron chi connectivity index (χ4n) is 4.17. The Balaban J connectivity index is 0.000000614. The van der Waals surface area contributed by atoms with Crippen LogP contribution in [0.5, 0.6) is 17.2 Å². The summed E-state index contributed by atoms with van der Waals surface area (Å²) in [5.41, 5.74) is -1.63. The quantitative estimate of drug-likeness (QED) is 0.0830. The van der Waals surface area contributed by atoms with Gasteiger partial charge in [-0.2, -0.15) is 39.5 Å². The first-order valence-electron chi connectivity index (χ1n) is 17.7. The van der Waals surface area contributed by atoms with Crippen molar-refractivity contribution in [3.63, 3.8) is 0 Å². The van der Waals surface area contributed by atoms with E-state index in [1.54, 1.807) is 0 Å². The van der Waals surface area contributed by atoms with Gasteiger partial charge >= 0.3 is 23.3 Å². The number of rotatable bonds is 15. The van der Waals surface area contributed by atoms with Gasteiger partial charge in [-0.05, 0) is 36.4 Å². The second-order valence-corrected chi connectivity index (χ2v) is 19.5. The van der Waals surface area contributed by atoms with Crippen molar-refractivity contribution >= 4 is 38.4 Å². The first kappa shape index (κ1) is 51.8. The maximum atomic E-state index is 12.8. The molecule has 0 radical (unpaired) electrons. The third kappa shape index (κ3) is 12.4. The van der Waals surface area contributed by atoms with Crippen LogP contribution in [0, 0.1) is 16.2 Å². The molecule has 0 aliphatic rings. The standard InChI is InChI=1S/C36H45O6S.C4HF9O3S/c1-34(2,3)31(37)22-40-25-16-10-13-19-28(25)43(29-20-14-11-17-26(29)41-23-32(38)35(4,5)6)30-21-15-12-18-27(30)42-24-33(39)36(7,8)9;5-1(6,3(9,10)11)2(7,8)4(12,13)17(14,15)16/h10-21H,22-24H2,1-9H3;(H,14,15,16)/q+1;/p-1. The second-order valence-electron chi connectivity index (χ2n) is 16.1. The highest BCUT2D eigenvalue weighted by atomic mass is 32.2. The van der Waals surface area contributed by atoms with E-state index in [-0.39, 0.29) is 37.2 Å². The molecule has 0 aliphatic carbocycles. The van der Waals surface area contributed by atoms with Gasteiger partial charge in [0.2, 0.25) is 14.7 Å². The molecule has 0 saturated heterocycles. The van der Waals surface area contributed by atoms with Crippen LogP contribution >= 0.6 is 0 Å². The van der Waals surface area contributed by atoms with Crippen molar-refractivity contribution in [1.82, 2.24) is 0 Å². The van der Waals surface area contributed by atoms with Gasteiger partial charge in [-0.3, -0.25) is 14.4 Å². The third-order valence-electron chi connectivity index (χ3n) is 8.22. The second kappa shape index (κ2) is 18.8. The molecule has 3 aromatic carbocycles. The molecule has 3 rings (SSSR count). The Kier molecular flexibility index (Phi) is 16.2. The van der Waals surface area contributed by atoms with E-state index in [2.05, 4.69) is 0 Å². The van der Waals surface area contributed by atoms with Crippen LogP contribution < -0.4 is 14.2 Å². The van der Waals surface area contributed by atoms with E-state index in [1.165, 1.54) is 0 Å². The van der Waals surface area contributed by atoms with E-state index >= 15 is 0 Å². The summed E-state index contributed by atoms with van der Waals surface area (Å²) < 4.78 is 154. The lowest BCUT2D eigenvalue weighted by Crippen LogP contribution is -2.63. The molecular formula is C40H45F9O9S2. The van der Waals surface area contributed by atoms with Crippen LogP contribution in [0.3, 0.4) is 0 Å². The highest BCUT2D eigenvalue weighted by Gasteiger charge is 2.83. The average Bonchev–Trinajstić information content (AvgIpc) is 3.11. The first-order valence-corrected chi connectivity index (χ1v) is 20.3. The van der Waals surface area contributed by atoms with Crippen LogP contribution in [-0.4, -0.2) is 73.4 Å². The van der Waals surface area contributed by atoms with Crippen molar-refractivity contribution in [3.8, 4) is 17.2 Å². The minimum atomic E-state index is -7.43. The van der Waals surface area contributed by atoms with Crippen molar-refractivity contribution < 1.29 is 81.1 Å². The fraction of sp³-hybridized carbons (Fsp3) is 0.475. The molecule has 20 heteroatoms. The lowest BCUT2D eigenvalue weighted by molar-refractivity contribution is -0.382. The molecule has 0 unspecified atom stereocenters. The molecule has 60 heavy (non-hydrogen) atoms. The van der Waals surface area contributed by atoms with Crippen LogP contribution in [0.15, 0.2) is 87.5 Å². The molecule has 0 fully saturated rings. The highest BCUT2D eigenvalue weighted by Crippen LogP contribution is 2.54. The van der Waals surface area contributed by atoms with Gasteiger partial charge in [-0.1, -0.05) is 98.7 Å². The van der Waals surface area contributed by atoms with Gasteiger partial charge in [0.15, 0.2) is 44.7 Å². The van der Waals surface area contributed by atoms with Crippen LogP contribution in [0.25, 0.3) is 0 Å². The number of hydrogen-bond donors (Lipinski definition) is 0. The number of carbonyl (C=O) groups is 3. The zero-order chi connectivity index (χ0) is 46.5. The smallest absolute Gasteiger partial charge is 0.460 e. The van der Waals surface area contributed by atoms with E-state index in [0.717, 1.165) is 14.7 Å². The van der Waals surface area contributed by atoms with Gasteiger partial charge in [0.1, 0.15) is 30.7 Å². The van der Waals surface area contributed by atoms with E-state index < -0.39 is 60.5 Å². The minimum absolute atomic E-state index is 0.0176. The molecule has 334 valence electrons. The number of halogens is 9. The Bertz CT molecular complexity index is 1930. The number of alkyl halides is 9. The summed E-state index contributed by atoms with van der Waals surface area (Å²) in [7, 11) is -8.28. The molecule has 0 amide bonds. The number of ether oxygens (including phenoxy) is 3. The maximum Gasteiger partial charge on any atom is 0.460 e. The van der Waals surface area contributed by atoms with Crippen molar-refractivity contribution in [2.24, 2.45) is 16.2 Å². The van der Waals surface area contributed by atoms with Crippen LogP contribution in [-0.2, 0) is 35.4 Å². The monoisotopic (exact) mass is 904 g/mol. The topological polar surface area (TPSA) is 136 Å². The zero-order valence-electron chi connectivity index (χ0n) is 33.9. The third-order valence-corrected chi connectivity index (χ3v) is 11.4. The lowest BCUT2D eigenvalue weighted by atomic mass is 9.91. The van der Waals surface area contributed by atoms with E-state index in [4.69, 9.17) is 14.2 Å². The van der Waals surface area contributed by atoms with Gasteiger partial charge < -0.3 is 18.8 Å². The summed E-state index contributed by atoms with van der Waals surface area (Å²) >= 11 is 0. The highest BCUT2D eigenvalue weighted by molar-refractivity contribution is 7.97. The van der Waals surface area contributed by atoms with E-state index in [1.807, 2.05) is 135 Å². The summed E-state index contributed by atoms with van der Waals surface area (Å²) in [5.74, 6) is -13.2. The number of para-hydroxylation sites is 3. The summed E-state index contributed by atoms with van der Waals surface area (Å²) in [6.07, 6.45) is -7.16. The first-order chi connectivity index (χ1) is 27.0. The molecule has 0 N–H and O–H groups in total. The molecular weight excluding hydrogens is 860 g/mol. The summed E-state index contributed by atoms with van der Waals surface area (Å²) in [5, 5.41) is -7.11. The Hall–Kier alpha value is -4.30. The van der Waals surface area contributed by atoms with E-state index in [9.17, 15) is 66.9 Å². The molecule has 0 bridgehead atoms. The molecule has 0 aromatic heterocycles. The van der Waals surface area contributed by atoms with Crippen LogP contribution in [0.1, 0.15) is 62.3 Å². The summed E-state index contributed by atoms with van der Waals surface area (Å²) in [6.45, 7) is 16.6. The molecule has 0 aliphatic heterocycles. The van der Waals surface area contributed by atoms with Crippen molar-refractivity contribution in [3.05, 3.63) is 72.8 Å². The van der Waals surface area contributed by atoms with Gasteiger partial charge in [0.05, 0.1) is 0 Å². The predicted molar refractivity (Wildman–Crippen MR) is 202 cm³/mol. The molecule has 0 saturated carbocycles. The molecule has 9 nitrogen and oxygen atoms in total. The van der Waals surface area contributed by atoms with Gasteiger partial charge in [-0.25, -0.2) is 8.42 Å². The minimum Gasteiger partial charge on any atom is -0.743 e. The Morgan fingerprint density at radius 1 is 0.500 bits per heavy atom. The molecule has 0 spiro atoms. The van der Waals surface area contributed by atoms with Crippen LogP contribution in [0.2, 0.25) is 0 Å².